The van der Waals surface area contributed by atoms with Gasteiger partial charge in [0.05, 0.1) is 22.1 Å². The van der Waals surface area contributed by atoms with Gasteiger partial charge in [-0.05, 0) is 67.2 Å². The molecule has 1 heterocycles. The predicted octanol–water partition coefficient (Wildman–Crippen LogP) is 5.04. The molecule has 4 atom stereocenters. The molecule has 2 aliphatic rings. The van der Waals surface area contributed by atoms with Gasteiger partial charge in [-0.25, -0.2) is 0 Å². The Morgan fingerprint density at radius 3 is 2.71 bits per heavy atom. The molecule has 0 bridgehead atoms. The second-order valence-corrected chi connectivity index (χ2v) is 9.34. The van der Waals surface area contributed by atoms with Crippen LogP contribution in [0.3, 0.4) is 0 Å². The molecular formula is C23H24ClNO3. The number of carboxylic acid groups (broad SMARTS) is 1. The summed E-state index contributed by atoms with van der Waals surface area (Å²) in [7, 11) is 0. The van der Waals surface area contributed by atoms with Gasteiger partial charge in [0.15, 0.2) is 0 Å². The molecule has 0 radical (unpaired) electrons. The van der Waals surface area contributed by atoms with Crippen molar-refractivity contribution in [2.24, 2.45) is 11.3 Å². The molecule has 28 heavy (non-hydrogen) atoms. The van der Waals surface area contributed by atoms with Gasteiger partial charge in [-0.1, -0.05) is 36.7 Å². The van der Waals surface area contributed by atoms with Crippen molar-refractivity contribution in [2.45, 2.75) is 51.0 Å². The summed E-state index contributed by atoms with van der Waals surface area (Å²) in [5, 5.41) is 23.6. The largest absolute Gasteiger partial charge is 0.481 e. The first-order valence-electron chi connectivity index (χ1n) is 9.92. The number of aromatic nitrogens is 1. The highest BCUT2D eigenvalue weighted by Crippen LogP contribution is 2.58. The highest BCUT2D eigenvalue weighted by molar-refractivity contribution is 6.37. The van der Waals surface area contributed by atoms with Gasteiger partial charge in [-0.3, -0.25) is 4.79 Å². The lowest BCUT2D eigenvalue weighted by molar-refractivity contribution is -0.171. The average Bonchev–Trinajstić information content (AvgIpc) is 3.05. The fourth-order valence-electron chi connectivity index (χ4n) is 6.07. The molecule has 5 heteroatoms. The Bertz CT molecular complexity index is 1140. The number of H-pyrrole nitrogens is 1. The van der Waals surface area contributed by atoms with Crippen molar-refractivity contribution in [1.82, 2.24) is 4.98 Å². The minimum Gasteiger partial charge on any atom is -0.481 e. The van der Waals surface area contributed by atoms with E-state index >= 15 is 0 Å². The van der Waals surface area contributed by atoms with E-state index in [4.69, 9.17) is 11.6 Å². The van der Waals surface area contributed by atoms with E-state index in [0.29, 0.717) is 6.42 Å². The summed E-state index contributed by atoms with van der Waals surface area (Å²) in [5.74, 6) is -1.04. The Balaban J connectivity index is 1.79. The molecule has 146 valence electrons. The second kappa shape index (κ2) is 5.74. The van der Waals surface area contributed by atoms with E-state index in [-0.39, 0.29) is 11.3 Å². The number of fused-ring (bicyclic) bond motifs is 6. The quantitative estimate of drug-likeness (QED) is 0.538. The van der Waals surface area contributed by atoms with Crippen LogP contribution >= 0.6 is 11.6 Å². The number of hydrogen-bond donors (Lipinski definition) is 3. The molecule has 3 aromatic rings. The molecule has 1 aromatic heterocycles. The van der Waals surface area contributed by atoms with Gasteiger partial charge in [-0.2, -0.15) is 0 Å². The van der Waals surface area contributed by atoms with Crippen molar-refractivity contribution in [3.8, 4) is 0 Å². The Hall–Kier alpha value is -2.04. The maximum absolute atomic E-state index is 12.2. The van der Waals surface area contributed by atoms with E-state index in [2.05, 4.69) is 24.0 Å². The summed E-state index contributed by atoms with van der Waals surface area (Å²) in [5.41, 5.74) is 2.83. The molecule has 1 fully saturated rings. The number of para-hydroxylation sites is 1. The van der Waals surface area contributed by atoms with Crippen molar-refractivity contribution >= 4 is 39.4 Å². The molecule has 1 saturated carbocycles. The molecule has 0 spiro atoms. The molecule has 0 saturated heterocycles. The molecule has 2 aliphatic carbocycles. The Morgan fingerprint density at radius 1 is 1.21 bits per heavy atom. The second-order valence-electron chi connectivity index (χ2n) is 8.96. The third kappa shape index (κ3) is 2.08. The van der Waals surface area contributed by atoms with E-state index in [0.717, 1.165) is 57.2 Å². The van der Waals surface area contributed by atoms with Gasteiger partial charge in [0.1, 0.15) is 0 Å². The van der Waals surface area contributed by atoms with Crippen molar-refractivity contribution in [3.05, 3.63) is 46.5 Å². The minimum atomic E-state index is -1.15. The lowest BCUT2D eigenvalue weighted by Crippen LogP contribution is -2.58. The fourth-order valence-corrected chi connectivity index (χ4v) is 6.41. The number of aromatic amines is 1. The van der Waals surface area contributed by atoms with Gasteiger partial charge in [0, 0.05) is 16.3 Å². The minimum absolute atomic E-state index is 0.132. The van der Waals surface area contributed by atoms with E-state index in [1.807, 2.05) is 18.2 Å². The topological polar surface area (TPSA) is 73.3 Å². The van der Waals surface area contributed by atoms with Crippen molar-refractivity contribution in [3.63, 3.8) is 0 Å². The third-order valence-corrected chi connectivity index (χ3v) is 8.14. The van der Waals surface area contributed by atoms with E-state index in [9.17, 15) is 15.0 Å². The maximum Gasteiger partial charge on any atom is 0.312 e. The lowest BCUT2D eigenvalue weighted by Gasteiger charge is -2.55. The zero-order valence-electron chi connectivity index (χ0n) is 16.1. The van der Waals surface area contributed by atoms with Crippen LogP contribution in [0.4, 0.5) is 0 Å². The monoisotopic (exact) mass is 397 g/mol. The third-order valence-electron chi connectivity index (χ3n) is 7.73. The van der Waals surface area contributed by atoms with Crippen LogP contribution in [0.5, 0.6) is 0 Å². The average molecular weight is 398 g/mol. The lowest BCUT2D eigenvalue weighted by atomic mass is 9.49. The summed E-state index contributed by atoms with van der Waals surface area (Å²) < 4.78 is 0. The first-order valence-corrected chi connectivity index (χ1v) is 10.3. The van der Waals surface area contributed by atoms with Crippen molar-refractivity contribution in [1.29, 1.82) is 0 Å². The van der Waals surface area contributed by atoms with Crippen LogP contribution in [0.25, 0.3) is 21.8 Å². The molecule has 0 unspecified atom stereocenters. The van der Waals surface area contributed by atoms with Crippen molar-refractivity contribution < 1.29 is 15.0 Å². The number of aliphatic carboxylic acids is 1. The summed E-state index contributed by atoms with van der Waals surface area (Å²) >= 11 is 6.89. The number of hydrogen-bond acceptors (Lipinski definition) is 2. The van der Waals surface area contributed by atoms with Crippen LogP contribution in [0.1, 0.15) is 44.2 Å². The number of carbonyl (C=O) groups is 1. The number of benzene rings is 2. The first-order chi connectivity index (χ1) is 13.3. The van der Waals surface area contributed by atoms with E-state index in [1.54, 1.807) is 6.92 Å². The zero-order valence-corrected chi connectivity index (χ0v) is 16.8. The fraction of sp³-hybridized carbons (Fsp3) is 0.435. The van der Waals surface area contributed by atoms with Gasteiger partial charge in [0.25, 0.3) is 0 Å². The molecule has 2 aromatic carbocycles. The van der Waals surface area contributed by atoms with Crippen LogP contribution < -0.4 is 0 Å². The number of halogens is 1. The van der Waals surface area contributed by atoms with E-state index < -0.39 is 17.5 Å². The Labute approximate surface area is 168 Å². The Morgan fingerprint density at radius 2 is 1.96 bits per heavy atom. The van der Waals surface area contributed by atoms with Crippen LogP contribution in [-0.4, -0.2) is 27.3 Å². The number of nitrogens with one attached hydrogen (secondary N) is 1. The summed E-state index contributed by atoms with van der Waals surface area (Å²) in [6.07, 6.45) is 1.87. The summed E-state index contributed by atoms with van der Waals surface area (Å²) in [6.45, 7) is 3.89. The summed E-state index contributed by atoms with van der Waals surface area (Å²) in [6, 6.07) is 10.4. The van der Waals surface area contributed by atoms with Gasteiger partial charge in [-0.15, -0.1) is 0 Å². The number of carboxylic acids is 1. The molecule has 4 nitrogen and oxygen atoms in total. The molecule has 3 N–H and O–H groups in total. The molecule has 0 amide bonds. The predicted molar refractivity (Wildman–Crippen MR) is 111 cm³/mol. The number of rotatable bonds is 1. The van der Waals surface area contributed by atoms with Gasteiger partial charge < -0.3 is 15.2 Å². The Kier molecular flexibility index (Phi) is 3.69. The maximum atomic E-state index is 12.2. The van der Waals surface area contributed by atoms with Crippen molar-refractivity contribution in [2.75, 3.05) is 0 Å². The number of aliphatic hydroxyl groups is 1. The van der Waals surface area contributed by atoms with Crippen LogP contribution in [0.2, 0.25) is 5.02 Å². The molecule has 0 aliphatic heterocycles. The smallest absolute Gasteiger partial charge is 0.312 e. The van der Waals surface area contributed by atoms with Crippen LogP contribution in [0, 0.1) is 11.3 Å². The molecule has 5 rings (SSSR count). The highest BCUT2D eigenvalue weighted by atomic mass is 35.5. The summed E-state index contributed by atoms with van der Waals surface area (Å²) in [4.78, 5) is 15.7. The highest BCUT2D eigenvalue weighted by Gasteiger charge is 2.59. The van der Waals surface area contributed by atoms with Crippen LogP contribution in [0.15, 0.2) is 30.3 Å². The normalized spacial score (nSPS) is 32.3. The van der Waals surface area contributed by atoms with Gasteiger partial charge >= 0.3 is 5.97 Å². The number of aliphatic hydroxyl groups excluding tert-OH is 1. The van der Waals surface area contributed by atoms with E-state index in [1.165, 1.54) is 0 Å². The first kappa shape index (κ1) is 18.0. The standard InChI is InChI=1S/C23H24ClNO3/c1-22-10-9-18(26)23(2,21(27)28)17(22)8-7-13-15(22)11-14-12-5-3-4-6-16(12)25-20(14)19(13)24/h3-6,11,17-18,25-26H,7-10H2,1-2H3,(H,27,28)/t17-,18+,22+,23+/m1/s1. The molecular weight excluding hydrogens is 374 g/mol. The van der Waals surface area contributed by atoms with Crippen LogP contribution in [-0.2, 0) is 16.6 Å². The zero-order chi connectivity index (χ0) is 19.8. The SMILES string of the molecule is C[C@@]1(C(=O)O)[C@@H](O)CC[C@@]2(C)c3cc4c([nH]c5ccccc54)c(Cl)c3CC[C@@H]12. The van der Waals surface area contributed by atoms with Gasteiger partial charge in [0.2, 0.25) is 0 Å².